The predicted molar refractivity (Wildman–Crippen MR) is 67.9 cm³/mol. The topological polar surface area (TPSA) is 92.4 Å². The first-order valence-corrected chi connectivity index (χ1v) is 6.37. The fourth-order valence-corrected chi connectivity index (χ4v) is 1.91. The van der Waals surface area contributed by atoms with Crippen LogP contribution in [0.25, 0.3) is 0 Å². The Kier molecular flexibility index (Phi) is 5.71. The molecule has 5 nitrogen and oxygen atoms in total. The Morgan fingerprint density at radius 2 is 1.95 bits per heavy atom. The second-order valence-electron chi connectivity index (χ2n) is 3.60. The van der Waals surface area contributed by atoms with Gasteiger partial charge in [-0.2, -0.15) is 0 Å². The highest BCUT2D eigenvalue weighted by Crippen LogP contribution is 2.18. The SMILES string of the molecule is N[C@@H](CSCC(=O)Nc1c(F)cccc1F)C(=O)O. The van der Waals surface area contributed by atoms with Crippen LogP contribution in [0.3, 0.4) is 0 Å². The van der Waals surface area contributed by atoms with E-state index in [2.05, 4.69) is 5.32 Å². The van der Waals surface area contributed by atoms with Crippen molar-refractivity contribution >= 4 is 29.3 Å². The molecule has 0 aliphatic carbocycles. The lowest BCUT2D eigenvalue weighted by molar-refractivity contribution is -0.137. The summed E-state index contributed by atoms with van der Waals surface area (Å²) in [5.74, 6) is -3.67. The summed E-state index contributed by atoms with van der Waals surface area (Å²) in [5.41, 5.74) is 4.71. The maximum absolute atomic E-state index is 13.2. The highest BCUT2D eigenvalue weighted by atomic mass is 32.2. The molecule has 0 heterocycles. The molecule has 0 saturated carbocycles. The second-order valence-corrected chi connectivity index (χ2v) is 4.63. The molecule has 1 aromatic carbocycles. The van der Waals surface area contributed by atoms with Gasteiger partial charge in [-0.15, -0.1) is 11.8 Å². The molecule has 19 heavy (non-hydrogen) atoms. The first-order valence-electron chi connectivity index (χ1n) is 5.21. The van der Waals surface area contributed by atoms with Crippen LogP contribution in [0.5, 0.6) is 0 Å². The fourth-order valence-electron chi connectivity index (χ4n) is 1.14. The summed E-state index contributed by atoms with van der Waals surface area (Å²) in [7, 11) is 0. The number of nitrogens with one attached hydrogen (secondary N) is 1. The number of thioether (sulfide) groups is 1. The minimum Gasteiger partial charge on any atom is -0.480 e. The molecule has 0 aromatic heterocycles. The third-order valence-electron chi connectivity index (χ3n) is 2.07. The van der Waals surface area contributed by atoms with Crippen molar-refractivity contribution < 1.29 is 23.5 Å². The predicted octanol–water partition coefficient (Wildman–Crippen LogP) is 1.05. The number of hydrogen-bond donors (Lipinski definition) is 3. The van der Waals surface area contributed by atoms with Crippen molar-refractivity contribution in [2.45, 2.75) is 6.04 Å². The Morgan fingerprint density at radius 3 is 2.47 bits per heavy atom. The summed E-state index contributed by atoms with van der Waals surface area (Å²) in [5, 5.41) is 10.6. The Morgan fingerprint density at radius 1 is 1.37 bits per heavy atom. The lowest BCUT2D eigenvalue weighted by atomic mass is 10.3. The number of carbonyl (C=O) groups is 2. The van der Waals surface area contributed by atoms with Gasteiger partial charge in [0.05, 0.1) is 5.75 Å². The van der Waals surface area contributed by atoms with Gasteiger partial charge in [0, 0.05) is 5.75 Å². The van der Waals surface area contributed by atoms with Crippen molar-refractivity contribution in [2.75, 3.05) is 16.8 Å². The van der Waals surface area contributed by atoms with Crippen molar-refractivity contribution in [2.24, 2.45) is 5.73 Å². The van der Waals surface area contributed by atoms with Crippen molar-refractivity contribution in [3.8, 4) is 0 Å². The van der Waals surface area contributed by atoms with Crippen LogP contribution in [0.4, 0.5) is 14.5 Å². The Hall–Kier alpha value is -1.67. The van der Waals surface area contributed by atoms with Crippen molar-refractivity contribution in [1.82, 2.24) is 0 Å². The van der Waals surface area contributed by atoms with E-state index in [1.54, 1.807) is 0 Å². The van der Waals surface area contributed by atoms with Gasteiger partial charge in [-0.25, -0.2) is 8.78 Å². The molecule has 0 radical (unpaired) electrons. The minimum absolute atomic E-state index is 0.0303. The lowest BCUT2D eigenvalue weighted by Crippen LogP contribution is -2.33. The molecule has 1 atom stereocenters. The normalized spacial score (nSPS) is 11.9. The van der Waals surface area contributed by atoms with Crippen LogP contribution in [0.2, 0.25) is 0 Å². The zero-order valence-electron chi connectivity index (χ0n) is 9.73. The molecular formula is C11H12F2N2O3S. The monoisotopic (exact) mass is 290 g/mol. The van der Waals surface area contributed by atoms with Crippen LogP contribution in [-0.4, -0.2) is 34.5 Å². The zero-order valence-corrected chi connectivity index (χ0v) is 10.5. The summed E-state index contributed by atoms with van der Waals surface area (Å²) in [4.78, 5) is 21.8. The first kappa shape index (κ1) is 15.4. The van der Waals surface area contributed by atoms with Gasteiger partial charge >= 0.3 is 5.97 Å². The summed E-state index contributed by atoms with van der Waals surface area (Å²) >= 11 is 0.966. The lowest BCUT2D eigenvalue weighted by Gasteiger charge is -2.08. The van der Waals surface area contributed by atoms with Crippen LogP contribution in [0.15, 0.2) is 18.2 Å². The molecule has 1 aromatic rings. The summed E-state index contributed by atoms with van der Waals surface area (Å²) < 4.78 is 26.4. The largest absolute Gasteiger partial charge is 0.480 e. The highest BCUT2D eigenvalue weighted by Gasteiger charge is 2.14. The molecule has 0 fully saturated rings. The molecule has 0 spiro atoms. The van der Waals surface area contributed by atoms with Crippen molar-refractivity contribution in [3.05, 3.63) is 29.8 Å². The smallest absolute Gasteiger partial charge is 0.321 e. The van der Waals surface area contributed by atoms with E-state index in [1.165, 1.54) is 6.07 Å². The number of halogens is 2. The van der Waals surface area contributed by atoms with E-state index in [-0.39, 0.29) is 11.5 Å². The molecule has 0 bridgehead atoms. The summed E-state index contributed by atoms with van der Waals surface area (Å²) in [6.45, 7) is 0. The van der Waals surface area contributed by atoms with Gasteiger partial charge in [-0.3, -0.25) is 9.59 Å². The molecular weight excluding hydrogens is 278 g/mol. The van der Waals surface area contributed by atoms with E-state index in [1.807, 2.05) is 0 Å². The van der Waals surface area contributed by atoms with E-state index >= 15 is 0 Å². The van der Waals surface area contributed by atoms with Crippen LogP contribution in [0.1, 0.15) is 0 Å². The van der Waals surface area contributed by atoms with Gasteiger partial charge < -0.3 is 16.2 Å². The van der Waals surface area contributed by atoms with Gasteiger partial charge in [0.25, 0.3) is 0 Å². The van der Waals surface area contributed by atoms with Crippen LogP contribution in [0, 0.1) is 11.6 Å². The standard InChI is InChI=1S/C11H12F2N2O3S/c12-6-2-1-3-7(13)10(6)15-9(16)5-19-4-8(14)11(17)18/h1-3,8H,4-5,14H2,(H,15,16)(H,17,18)/t8-/m0/s1. The second kappa shape index (κ2) is 7.05. The molecule has 4 N–H and O–H groups in total. The number of hydrogen-bond acceptors (Lipinski definition) is 4. The average molecular weight is 290 g/mol. The number of amides is 1. The van der Waals surface area contributed by atoms with E-state index in [0.717, 1.165) is 23.9 Å². The van der Waals surface area contributed by atoms with Crippen molar-refractivity contribution in [1.29, 1.82) is 0 Å². The van der Waals surface area contributed by atoms with E-state index in [4.69, 9.17) is 10.8 Å². The van der Waals surface area contributed by atoms with Gasteiger partial charge in [-0.05, 0) is 12.1 Å². The maximum Gasteiger partial charge on any atom is 0.321 e. The van der Waals surface area contributed by atoms with Gasteiger partial charge in [0.2, 0.25) is 5.91 Å². The van der Waals surface area contributed by atoms with Crippen LogP contribution >= 0.6 is 11.8 Å². The fraction of sp³-hybridized carbons (Fsp3) is 0.273. The highest BCUT2D eigenvalue weighted by molar-refractivity contribution is 8.00. The summed E-state index contributed by atoms with van der Waals surface area (Å²) in [6, 6.07) is 2.14. The summed E-state index contributed by atoms with van der Waals surface area (Å²) in [6.07, 6.45) is 0. The van der Waals surface area contributed by atoms with E-state index < -0.39 is 35.2 Å². The van der Waals surface area contributed by atoms with Gasteiger partial charge in [0.1, 0.15) is 23.4 Å². The zero-order chi connectivity index (χ0) is 14.4. The average Bonchev–Trinajstić information content (AvgIpc) is 2.33. The number of carbonyl (C=O) groups excluding carboxylic acids is 1. The third kappa shape index (κ3) is 4.84. The number of para-hydroxylation sites is 1. The molecule has 8 heteroatoms. The van der Waals surface area contributed by atoms with Gasteiger partial charge in [-0.1, -0.05) is 6.07 Å². The first-order chi connectivity index (χ1) is 8.91. The Balaban J connectivity index is 2.46. The molecule has 0 saturated heterocycles. The quantitative estimate of drug-likeness (QED) is 0.728. The number of rotatable bonds is 6. The Labute approximate surface area is 112 Å². The van der Waals surface area contributed by atoms with Gasteiger partial charge in [0.15, 0.2) is 0 Å². The number of anilines is 1. The molecule has 0 unspecified atom stereocenters. The molecule has 104 valence electrons. The number of benzene rings is 1. The number of aliphatic carboxylic acids is 1. The number of carboxylic acids is 1. The van der Waals surface area contributed by atoms with Crippen LogP contribution < -0.4 is 11.1 Å². The third-order valence-corrected chi connectivity index (χ3v) is 3.14. The molecule has 0 aliphatic rings. The molecule has 1 rings (SSSR count). The maximum atomic E-state index is 13.2. The van der Waals surface area contributed by atoms with Crippen LogP contribution in [-0.2, 0) is 9.59 Å². The number of carboxylic acid groups (broad SMARTS) is 1. The number of nitrogens with two attached hydrogens (primary N) is 1. The molecule has 1 amide bonds. The Bertz CT molecular complexity index is 465. The molecule has 0 aliphatic heterocycles. The van der Waals surface area contributed by atoms with E-state index in [9.17, 15) is 18.4 Å². The van der Waals surface area contributed by atoms with Crippen molar-refractivity contribution in [3.63, 3.8) is 0 Å². The van der Waals surface area contributed by atoms with E-state index in [0.29, 0.717) is 0 Å². The minimum atomic E-state index is -1.17.